The Labute approximate surface area is 112 Å². The van der Waals surface area contributed by atoms with Crippen LogP contribution in [0, 0.1) is 6.92 Å². The highest BCUT2D eigenvalue weighted by atomic mass is 16.3. The minimum atomic E-state index is -0.00393. The maximum atomic E-state index is 12.4. The van der Waals surface area contributed by atoms with Crippen LogP contribution >= 0.6 is 0 Å². The van der Waals surface area contributed by atoms with E-state index in [4.69, 9.17) is 4.42 Å². The van der Waals surface area contributed by atoms with Crippen molar-refractivity contribution in [3.05, 3.63) is 59.5 Å². The summed E-state index contributed by atoms with van der Waals surface area (Å²) in [5.74, 6) is 0.427. The van der Waals surface area contributed by atoms with E-state index in [2.05, 4.69) is 19.1 Å². The van der Waals surface area contributed by atoms with Gasteiger partial charge in [0.15, 0.2) is 5.76 Å². The van der Waals surface area contributed by atoms with Crippen molar-refractivity contribution in [1.82, 2.24) is 4.90 Å². The van der Waals surface area contributed by atoms with Gasteiger partial charge in [0.1, 0.15) is 0 Å². The van der Waals surface area contributed by atoms with Gasteiger partial charge in [0.2, 0.25) is 0 Å². The van der Waals surface area contributed by atoms with Crippen LogP contribution < -0.4 is 0 Å². The number of carbonyl (C=O) groups excluding carboxylic acids is 1. The van der Waals surface area contributed by atoms with Gasteiger partial charge in [-0.2, -0.15) is 0 Å². The van der Waals surface area contributed by atoms with Gasteiger partial charge < -0.3 is 9.32 Å². The molecule has 0 unspecified atom stereocenters. The fraction of sp³-hybridized carbons (Fsp3) is 0.312. The van der Waals surface area contributed by atoms with Crippen LogP contribution in [0.3, 0.4) is 0 Å². The summed E-state index contributed by atoms with van der Waals surface area (Å²) in [7, 11) is 0. The maximum Gasteiger partial charge on any atom is 0.290 e. The Morgan fingerprint density at radius 2 is 2.11 bits per heavy atom. The highest BCUT2D eigenvalue weighted by Crippen LogP contribution is 2.34. The third-order valence-corrected chi connectivity index (χ3v) is 3.79. The molecule has 98 valence electrons. The summed E-state index contributed by atoms with van der Waals surface area (Å²) in [4.78, 5) is 14.4. The lowest BCUT2D eigenvalue weighted by atomic mass is 9.99. The highest BCUT2D eigenvalue weighted by molar-refractivity contribution is 5.92. The van der Waals surface area contributed by atoms with Crippen molar-refractivity contribution >= 4 is 5.91 Å². The number of carbonyl (C=O) groups is 1. The predicted octanol–water partition coefficient (Wildman–Crippen LogP) is 3.57. The largest absolute Gasteiger partial charge is 0.459 e. The standard InChI is InChI=1S/C16H17NO2/c1-12-6-2-3-7-13(12)14-8-4-10-17(14)16(18)15-9-5-11-19-15/h2-3,5-7,9,11,14H,4,8,10H2,1H3/t14-/m0/s1. The molecule has 0 radical (unpaired) electrons. The number of rotatable bonds is 2. The van der Waals surface area contributed by atoms with Crippen molar-refractivity contribution < 1.29 is 9.21 Å². The first-order valence-corrected chi connectivity index (χ1v) is 6.67. The monoisotopic (exact) mass is 255 g/mol. The molecule has 2 aromatic rings. The summed E-state index contributed by atoms with van der Waals surface area (Å²) in [6.45, 7) is 2.90. The van der Waals surface area contributed by atoms with Gasteiger partial charge in [0.05, 0.1) is 12.3 Å². The number of hydrogen-bond acceptors (Lipinski definition) is 2. The van der Waals surface area contributed by atoms with E-state index < -0.39 is 0 Å². The quantitative estimate of drug-likeness (QED) is 0.822. The Kier molecular flexibility index (Phi) is 3.11. The molecule has 19 heavy (non-hydrogen) atoms. The molecule has 3 rings (SSSR count). The smallest absolute Gasteiger partial charge is 0.290 e. The van der Waals surface area contributed by atoms with Gasteiger partial charge in [-0.05, 0) is 43.0 Å². The third-order valence-electron chi connectivity index (χ3n) is 3.79. The first kappa shape index (κ1) is 12.0. The van der Waals surface area contributed by atoms with Crippen molar-refractivity contribution in [1.29, 1.82) is 0 Å². The Bertz CT molecular complexity index is 574. The molecular formula is C16H17NO2. The Morgan fingerprint density at radius 3 is 2.84 bits per heavy atom. The van der Waals surface area contributed by atoms with Gasteiger partial charge in [-0.3, -0.25) is 4.79 Å². The second kappa shape index (κ2) is 4.92. The number of likely N-dealkylation sites (tertiary alicyclic amines) is 1. The topological polar surface area (TPSA) is 33.5 Å². The van der Waals surface area contributed by atoms with Crippen LogP contribution in [0.25, 0.3) is 0 Å². The summed E-state index contributed by atoms with van der Waals surface area (Å²) in [6.07, 6.45) is 3.62. The molecule has 3 heteroatoms. The van der Waals surface area contributed by atoms with Gasteiger partial charge in [-0.1, -0.05) is 24.3 Å². The molecule has 0 bridgehead atoms. The number of amides is 1. The van der Waals surface area contributed by atoms with Crippen molar-refractivity contribution in [3.63, 3.8) is 0 Å². The van der Waals surface area contributed by atoms with Gasteiger partial charge >= 0.3 is 0 Å². The molecule has 1 atom stereocenters. The van der Waals surface area contributed by atoms with Crippen molar-refractivity contribution in [3.8, 4) is 0 Å². The Morgan fingerprint density at radius 1 is 1.26 bits per heavy atom. The second-order valence-corrected chi connectivity index (χ2v) is 4.99. The molecule has 1 aromatic heterocycles. The van der Waals surface area contributed by atoms with E-state index in [1.54, 1.807) is 18.4 Å². The van der Waals surface area contributed by atoms with E-state index in [1.807, 2.05) is 17.0 Å². The first-order chi connectivity index (χ1) is 9.27. The molecule has 1 aliphatic rings. The van der Waals surface area contributed by atoms with E-state index >= 15 is 0 Å². The third kappa shape index (κ3) is 2.16. The summed E-state index contributed by atoms with van der Waals surface area (Å²) >= 11 is 0. The average Bonchev–Trinajstić information content (AvgIpc) is 3.10. The molecule has 0 spiro atoms. The SMILES string of the molecule is Cc1ccccc1[C@@H]1CCCN1C(=O)c1ccco1. The summed E-state index contributed by atoms with van der Waals surface area (Å²) in [6, 6.07) is 12.0. The number of furan rings is 1. The van der Waals surface area contributed by atoms with Crippen LogP contribution in [-0.2, 0) is 0 Å². The maximum absolute atomic E-state index is 12.4. The summed E-state index contributed by atoms with van der Waals surface area (Å²) in [5.41, 5.74) is 2.49. The van der Waals surface area contributed by atoms with Crippen LogP contribution in [0.2, 0.25) is 0 Å². The fourth-order valence-corrected chi connectivity index (χ4v) is 2.84. The molecule has 2 heterocycles. The minimum absolute atomic E-state index is 0.00393. The molecule has 0 N–H and O–H groups in total. The lowest BCUT2D eigenvalue weighted by Gasteiger charge is -2.25. The van der Waals surface area contributed by atoms with Crippen molar-refractivity contribution in [2.45, 2.75) is 25.8 Å². The summed E-state index contributed by atoms with van der Waals surface area (Å²) in [5, 5.41) is 0. The van der Waals surface area contributed by atoms with Gasteiger partial charge in [0.25, 0.3) is 5.91 Å². The predicted molar refractivity (Wildman–Crippen MR) is 72.9 cm³/mol. The van der Waals surface area contributed by atoms with E-state index in [-0.39, 0.29) is 11.9 Å². The normalized spacial score (nSPS) is 18.8. The number of hydrogen-bond donors (Lipinski definition) is 0. The molecule has 1 amide bonds. The lowest BCUT2D eigenvalue weighted by Crippen LogP contribution is -2.30. The molecule has 1 aromatic carbocycles. The zero-order valence-corrected chi connectivity index (χ0v) is 11.0. The molecule has 1 saturated heterocycles. The van der Waals surface area contributed by atoms with Crippen molar-refractivity contribution in [2.24, 2.45) is 0 Å². The van der Waals surface area contributed by atoms with Crippen LogP contribution in [0.4, 0.5) is 0 Å². The first-order valence-electron chi connectivity index (χ1n) is 6.67. The van der Waals surface area contributed by atoms with E-state index in [0.717, 1.165) is 19.4 Å². The van der Waals surface area contributed by atoms with Crippen LogP contribution in [0.1, 0.15) is 40.6 Å². The molecule has 0 aliphatic carbocycles. The zero-order chi connectivity index (χ0) is 13.2. The highest BCUT2D eigenvalue weighted by Gasteiger charge is 2.32. The molecule has 0 saturated carbocycles. The molecule has 1 fully saturated rings. The lowest BCUT2D eigenvalue weighted by molar-refractivity contribution is 0.0703. The molecular weight excluding hydrogens is 238 g/mol. The van der Waals surface area contributed by atoms with E-state index in [0.29, 0.717) is 5.76 Å². The number of aryl methyl sites for hydroxylation is 1. The Hall–Kier alpha value is -2.03. The van der Waals surface area contributed by atoms with E-state index in [9.17, 15) is 4.79 Å². The van der Waals surface area contributed by atoms with Gasteiger partial charge in [0, 0.05) is 6.54 Å². The van der Waals surface area contributed by atoms with Gasteiger partial charge in [-0.15, -0.1) is 0 Å². The Balaban J connectivity index is 1.90. The fourth-order valence-electron chi connectivity index (χ4n) is 2.84. The summed E-state index contributed by atoms with van der Waals surface area (Å²) < 4.78 is 5.23. The zero-order valence-electron chi connectivity index (χ0n) is 11.0. The number of benzene rings is 1. The van der Waals surface area contributed by atoms with Crippen LogP contribution in [-0.4, -0.2) is 17.4 Å². The van der Waals surface area contributed by atoms with Gasteiger partial charge in [-0.25, -0.2) is 0 Å². The average molecular weight is 255 g/mol. The van der Waals surface area contributed by atoms with E-state index in [1.165, 1.54) is 11.1 Å². The second-order valence-electron chi connectivity index (χ2n) is 4.99. The minimum Gasteiger partial charge on any atom is -0.459 e. The van der Waals surface area contributed by atoms with Crippen LogP contribution in [0.15, 0.2) is 47.1 Å². The van der Waals surface area contributed by atoms with Crippen LogP contribution in [0.5, 0.6) is 0 Å². The molecule has 3 nitrogen and oxygen atoms in total. The number of nitrogens with zero attached hydrogens (tertiary/aromatic N) is 1. The van der Waals surface area contributed by atoms with Crippen molar-refractivity contribution in [2.75, 3.05) is 6.54 Å². The molecule has 1 aliphatic heterocycles.